The number of aliphatic imine (C=N–C) groups is 2. The largest absolute Gasteiger partial charge is 0.507 e. The van der Waals surface area contributed by atoms with E-state index in [0.29, 0.717) is 22.5 Å². The number of benzene rings is 8. The van der Waals surface area contributed by atoms with Crippen molar-refractivity contribution in [2.75, 3.05) is 0 Å². The van der Waals surface area contributed by atoms with Gasteiger partial charge in [0, 0.05) is 79.6 Å². The Morgan fingerprint density at radius 2 is 0.937 bits per heavy atom. The van der Waals surface area contributed by atoms with E-state index >= 15 is 0 Å². The summed E-state index contributed by atoms with van der Waals surface area (Å²) >= 11 is 3.29. The Balaban J connectivity index is 0.000000205. The Bertz CT molecular complexity index is 3650. The Morgan fingerprint density at radius 1 is 0.506 bits per heavy atom. The van der Waals surface area contributed by atoms with Gasteiger partial charge in [-0.25, -0.2) is 18.7 Å². The molecule has 79 heavy (non-hydrogen) atoms. The zero-order chi connectivity index (χ0) is 55.9. The molecule has 0 radical (unpaired) electrons. The molecule has 0 aliphatic rings. The summed E-state index contributed by atoms with van der Waals surface area (Å²) in [5.41, 5.74) is 12.6. The number of halogens is 2. The van der Waals surface area contributed by atoms with Gasteiger partial charge in [-0.05, 0) is 106 Å². The minimum Gasteiger partial charge on any atom is -0.507 e. The molecule has 6 nitrogen and oxygen atoms in total. The normalized spacial score (nSPS) is 12.3. The van der Waals surface area contributed by atoms with Crippen molar-refractivity contribution in [3.05, 3.63) is 192 Å². The summed E-state index contributed by atoms with van der Waals surface area (Å²) < 4.78 is 29.7. The van der Waals surface area contributed by atoms with E-state index in [1.54, 1.807) is 22.7 Å². The van der Waals surface area contributed by atoms with Gasteiger partial charge in [-0.2, -0.15) is 0 Å². The molecule has 0 fully saturated rings. The molecule has 8 aromatic carbocycles. The second kappa shape index (κ2) is 23.3. The summed E-state index contributed by atoms with van der Waals surface area (Å²) in [4.78, 5) is 19.5. The molecule has 0 unspecified atom stereocenters. The summed E-state index contributed by atoms with van der Waals surface area (Å²) in [7, 11) is -2.83. The second-order valence-corrected chi connectivity index (χ2v) is 36.0. The minimum atomic E-state index is -1.43. The van der Waals surface area contributed by atoms with Crippen LogP contribution >= 0.6 is 22.7 Å². The van der Waals surface area contributed by atoms with Crippen molar-refractivity contribution >= 4 is 93.4 Å². The topological polar surface area (TPSA) is 91.0 Å². The molecule has 10 rings (SSSR count). The van der Waals surface area contributed by atoms with E-state index in [0.717, 1.165) is 63.8 Å². The maximum Gasteiger partial charge on any atom is 0.126 e. The summed E-state index contributed by atoms with van der Waals surface area (Å²) in [6, 6.07) is 51.4. The van der Waals surface area contributed by atoms with E-state index in [1.807, 2.05) is 48.5 Å². The molecular weight excluding hydrogens is 1230 g/mol. The van der Waals surface area contributed by atoms with E-state index in [-0.39, 0.29) is 43.4 Å². The van der Waals surface area contributed by atoms with E-state index in [2.05, 4.69) is 164 Å². The van der Waals surface area contributed by atoms with Crippen molar-refractivity contribution in [3.8, 4) is 54.9 Å². The van der Waals surface area contributed by atoms with Crippen LogP contribution in [0.1, 0.15) is 63.8 Å². The predicted octanol–water partition coefficient (Wildman–Crippen LogP) is 17.9. The number of thiazole rings is 2. The first-order valence-corrected chi connectivity index (χ1v) is 34.7. The maximum atomic E-state index is 13.7. The van der Waals surface area contributed by atoms with Crippen molar-refractivity contribution in [2.24, 2.45) is 9.98 Å². The third-order valence-electron chi connectivity index (χ3n) is 13.7. The number of fused-ring (bicyclic) bond motifs is 2. The third-order valence-corrected chi connectivity index (χ3v) is 19.9. The molecule has 2 N–H and O–H groups in total. The number of hydrogen-bond donors (Lipinski definition) is 2. The Hall–Kier alpha value is -6.54. The molecule has 406 valence electrons. The van der Waals surface area contributed by atoms with Gasteiger partial charge in [0.05, 0.1) is 29.7 Å². The molecule has 0 atom stereocenters. The van der Waals surface area contributed by atoms with Crippen LogP contribution in [0.15, 0.2) is 162 Å². The fourth-order valence-corrected chi connectivity index (χ4v) is 13.2. The van der Waals surface area contributed by atoms with Gasteiger partial charge < -0.3 is 10.2 Å². The van der Waals surface area contributed by atoms with Gasteiger partial charge in [0.1, 0.15) is 33.1 Å². The molecule has 0 spiro atoms. The number of para-hydroxylation sites is 2. The number of hydrogen-bond acceptors (Lipinski definition) is 8. The van der Waals surface area contributed by atoms with E-state index in [4.69, 9.17) is 9.97 Å². The summed E-state index contributed by atoms with van der Waals surface area (Å²) in [5, 5.41) is 24.8. The molecule has 0 bridgehead atoms. The van der Waals surface area contributed by atoms with Gasteiger partial charge >= 0.3 is 0 Å². The first kappa shape index (κ1) is 58.6. The van der Waals surface area contributed by atoms with Crippen LogP contribution in [0.25, 0.3) is 63.8 Å². The first-order chi connectivity index (χ1) is 36.8. The quantitative estimate of drug-likeness (QED) is 0.0811. The van der Waals surface area contributed by atoms with Crippen LogP contribution in [0.2, 0.25) is 39.3 Å². The van der Waals surface area contributed by atoms with Crippen LogP contribution in [-0.4, -0.2) is 48.8 Å². The van der Waals surface area contributed by atoms with Crippen molar-refractivity contribution in [2.45, 2.75) is 91.7 Å². The molecular formula is C66H65F2N4O2PtS2Si2-. The fraction of sp³-hybridized carbons (Fsp3) is 0.212. The summed E-state index contributed by atoms with van der Waals surface area (Å²) in [6.07, 6.45) is 2.98. The van der Waals surface area contributed by atoms with Gasteiger partial charge in [-0.15, -0.1) is 57.7 Å². The molecule has 2 heterocycles. The zero-order valence-corrected chi connectivity index (χ0v) is 52.6. The monoisotopic (exact) mass is 1300 g/mol. The van der Waals surface area contributed by atoms with Crippen molar-refractivity contribution in [1.29, 1.82) is 0 Å². The van der Waals surface area contributed by atoms with Gasteiger partial charge in [0.15, 0.2) is 0 Å². The third kappa shape index (κ3) is 13.6. The zero-order valence-electron chi connectivity index (χ0n) is 46.7. The number of nitrogens with zero attached hydrogens (tertiary/aromatic N) is 4. The average Bonchev–Trinajstić information content (AvgIpc) is 4.09. The maximum absolute atomic E-state index is 13.7. The molecule has 0 saturated carbocycles. The van der Waals surface area contributed by atoms with Gasteiger partial charge in [0.2, 0.25) is 0 Å². The minimum absolute atomic E-state index is 0. The Morgan fingerprint density at radius 3 is 1.37 bits per heavy atom. The average molecular weight is 1300 g/mol. The smallest absolute Gasteiger partial charge is 0.126 e. The number of phenolic OH excluding ortho intramolecular Hbond substituents is 2. The fourth-order valence-electron chi connectivity index (χ4n) is 8.86. The summed E-state index contributed by atoms with van der Waals surface area (Å²) in [5.74, 6) is -0.884. The SMILES string of the molecule is CC(C)(C)c1cc(-c2[c-]cc([Si](C)(C)C)cc2)c2nc(-c3ccccc3N=Cc3cc(F)ccc3O)sc2c1.CC(C)(C)c1cc(-c2ccc([Si](C)(C)C)cc2)c2nc(-c3ccccc3N=Cc3cc(F)ccc3O)sc2c1.[Pt]. The predicted molar refractivity (Wildman–Crippen MR) is 334 cm³/mol. The second-order valence-electron chi connectivity index (χ2n) is 23.8. The van der Waals surface area contributed by atoms with Gasteiger partial charge in [-0.3, -0.25) is 9.98 Å². The number of aromatic nitrogens is 2. The number of phenols is 2. The van der Waals surface area contributed by atoms with Crippen LogP contribution in [0, 0.1) is 17.7 Å². The van der Waals surface area contributed by atoms with Crippen LogP contribution in [0.5, 0.6) is 11.5 Å². The van der Waals surface area contributed by atoms with E-state index in [1.165, 1.54) is 70.3 Å². The summed E-state index contributed by atoms with van der Waals surface area (Å²) in [6.45, 7) is 27.5. The number of rotatable bonds is 10. The molecule has 0 aliphatic heterocycles. The molecule has 0 aliphatic carbocycles. The number of aromatic hydroxyl groups is 2. The standard InChI is InChI=1S/C33H33FN2OSSi.C33H32FN2OSSi.Pt/c2*1-33(2,3)23-18-27(21-11-14-25(15-12-21)39(4,5)6)31-30(19-23)38-32(36-31)26-9-7-8-10-28(26)35-20-22-17-24(34)13-16-29(22)37;/h7-20,37H,1-6H3;7-11,13-20,37H,1-6H3;/q;-1;. The van der Waals surface area contributed by atoms with Crippen molar-refractivity contribution < 1.29 is 40.1 Å². The first-order valence-electron chi connectivity index (χ1n) is 26.1. The van der Waals surface area contributed by atoms with Crippen LogP contribution in [0.3, 0.4) is 0 Å². The van der Waals surface area contributed by atoms with Crippen LogP contribution in [-0.2, 0) is 31.9 Å². The molecule has 0 amide bonds. The van der Waals surface area contributed by atoms with Crippen LogP contribution in [0.4, 0.5) is 20.2 Å². The van der Waals surface area contributed by atoms with Crippen molar-refractivity contribution in [1.82, 2.24) is 9.97 Å². The van der Waals surface area contributed by atoms with Crippen LogP contribution < -0.4 is 10.4 Å². The van der Waals surface area contributed by atoms with Crippen molar-refractivity contribution in [3.63, 3.8) is 0 Å². The molecule has 2 aromatic heterocycles. The Labute approximate surface area is 488 Å². The van der Waals surface area contributed by atoms with Gasteiger partial charge in [0.25, 0.3) is 0 Å². The molecule has 0 saturated heterocycles. The molecule has 10 aromatic rings. The van der Waals surface area contributed by atoms with E-state index < -0.39 is 27.8 Å². The van der Waals surface area contributed by atoms with E-state index in [9.17, 15) is 19.0 Å². The Kier molecular flexibility index (Phi) is 17.3. The van der Waals surface area contributed by atoms with Gasteiger partial charge in [-0.1, -0.05) is 146 Å². The molecule has 13 heteroatoms.